The number of aryl methyl sites for hydroxylation is 2. The fourth-order valence-corrected chi connectivity index (χ4v) is 3.03. The molecule has 0 bridgehead atoms. The minimum atomic E-state index is -0.391. The van der Waals surface area contributed by atoms with Crippen LogP contribution < -0.4 is 10.9 Å². The van der Waals surface area contributed by atoms with Gasteiger partial charge in [0, 0.05) is 25.1 Å². The molecule has 0 aliphatic carbocycles. The number of aromatic nitrogens is 3. The SMILES string of the molecule is Cc1ccc(-c2noc3c(=O)n(CCC(=O)NCc4ccc(F)cc4)cnc23)cc1. The molecule has 152 valence electrons. The van der Waals surface area contributed by atoms with Crippen molar-refractivity contribution in [2.45, 2.75) is 26.4 Å². The predicted octanol–water partition coefficient (Wildman–Crippen LogP) is 3.21. The quantitative estimate of drug-likeness (QED) is 0.531. The monoisotopic (exact) mass is 406 g/mol. The van der Waals surface area contributed by atoms with Crippen LogP contribution in [0, 0.1) is 12.7 Å². The molecule has 1 amide bonds. The van der Waals surface area contributed by atoms with Gasteiger partial charge in [0.15, 0.2) is 0 Å². The van der Waals surface area contributed by atoms with E-state index in [4.69, 9.17) is 4.52 Å². The summed E-state index contributed by atoms with van der Waals surface area (Å²) in [5.74, 6) is -0.561. The van der Waals surface area contributed by atoms with Gasteiger partial charge in [-0.2, -0.15) is 0 Å². The Morgan fingerprint density at radius 2 is 1.87 bits per heavy atom. The Bertz CT molecular complexity index is 1240. The molecule has 0 aliphatic rings. The molecule has 0 aliphatic heterocycles. The Morgan fingerprint density at radius 3 is 2.60 bits per heavy atom. The summed E-state index contributed by atoms with van der Waals surface area (Å²) >= 11 is 0. The second kappa shape index (κ2) is 8.28. The highest BCUT2D eigenvalue weighted by molar-refractivity contribution is 5.87. The molecule has 8 heteroatoms. The average Bonchev–Trinajstić information content (AvgIpc) is 3.18. The molecule has 4 aromatic rings. The smallest absolute Gasteiger partial charge is 0.299 e. The zero-order valence-electron chi connectivity index (χ0n) is 16.3. The average molecular weight is 406 g/mol. The van der Waals surface area contributed by atoms with Gasteiger partial charge in [-0.05, 0) is 24.6 Å². The number of rotatable bonds is 6. The maximum absolute atomic E-state index is 12.9. The van der Waals surface area contributed by atoms with E-state index in [2.05, 4.69) is 15.5 Å². The molecular weight excluding hydrogens is 387 g/mol. The van der Waals surface area contributed by atoms with Crippen LogP contribution >= 0.6 is 0 Å². The minimum absolute atomic E-state index is 0.0554. The van der Waals surface area contributed by atoms with Crippen LogP contribution in [0.25, 0.3) is 22.4 Å². The van der Waals surface area contributed by atoms with Crippen molar-refractivity contribution in [1.29, 1.82) is 0 Å². The molecule has 0 atom stereocenters. The summed E-state index contributed by atoms with van der Waals surface area (Å²) in [7, 11) is 0. The number of carbonyl (C=O) groups is 1. The van der Waals surface area contributed by atoms with Gasteiger partial charge < -0.3 is 9.84 Å². The van der Waals surface area contributed by atoms with Crippen LogP contribution in [0.1, 0.15) is 17.5 Å². The van der Waals surface area contributed by atoms with Crippen LogP contribution in [0.3, 0.4) is 0 Å². The highest BCUT2D eigenvalue weighted by Crippen LogP contribution is 2.24. The van der Waals surface area contributed by atoms with Crippen molar-refractivity contribution in [3.05, 3.63) is 82.2 Å². The number of carbonyl (C=O) groups excluding carboxylic acids is 1. The lowest BCUT2D eigenvalue weighted by Gasteiger charge is -2.07. The maximum atomic E-state index is 12.9. The zero-order chi connectivity index (χ0) is 21.1. The van der Waals surface area contributed by atoms with Crippen molar-refractivity contribution >= 4 is 17.0 Å². The first kappa shape index (κ1) is 19.5. The summed E-state index contributed by atoms with van der Waals surface area (Å²) in [6.45, 7) is 2.42. The lowest BCUT2D eigenvalue weighted by atomic mass is 10.1. The molecule has 30 heavy (non-hydrogen) atoms. The highest BCUT2D eigenvalue weighted by atomic mass is 19.1. The summed E-state index contributed by atoms with van der Waals surface area (Å²) in [6, 6.07) is 13.6. The van der Waals surface area contributed by atoms with E-state index in [0.717, 1.165) is 16.7 Å². The zero-order valence-corrected chi connectivity index (χ0v) is 16.3. The number of hydrogen-bond donors (Lipinski definition) is 1. The number of nitrogens with one attached hydrogen (secondary N) is 1. The molecular formula is C22H19FN4O3. The van der Waals surface area contributed by atoms with E-state index in [1.807, 2.05) is 31.2 Å². The van der Waals surface area contributed by atoms with Crippen LogP contribution in [0.5, 0.6) is 0 Å². The minimum Gasteiger partial charge on any atom is -0.352 e. The van der Waals surface area contributed by atoms with Crippen molar-refractivity contribution in [1.82, 2.24) is 20.0 Å². The van der Waals surface area contributed by atoms with Crippen molar-refractivity contribution in [2.75, 3.05) is 0 Å². The number of fused-ring (bicyclic) bond motifs is 1. The largest absolute Gasteiger partial charge is 0.352 e. The Balaban J connectivity index is 1.44. The van der Waals surface area contributed by atoms with Crippen LogP contribution in [0.2, 0.25) is 0 Å². The number of hydrogen-bond acceptors (Lipinski definition) is 5. The van der Waals surface area contributed by atoms with Crippen molar-refractivity contribution < 1.29 is 13.7 Å². The second-order valence-electron chi connectivity index (χ2n) is 6.97. The lowest BCUT2D eigenvalue weighted by Crippen LogP contribution is -2.27. The third-order valence-electron chi connectivity index (χ3n) is 4.76. The van der Waals surface area contributed by atoms with Gasteiger partial charge >= 0.3 is 0 Å². The second-order valence-corrected chi connectivity index (χ2v) is 6.97. The molecule has 2 aromatic heterocycles. The van der Waals surface area contributed by atoms with E-state index in [1.165, 1.54) is 23.0 Å². The van der Waals surface area contributed by atoms with Crippen molar-refractivity contribution in [2.24, 2.45) is 0 Å². The van der Waals surface area contributed by atoms with Crippen LogP contribution in [0.4, 0.5) is 4.39 Å². The number of nitrogens with zero attached hydrogens (tertiary/aromatic N) is 3. The molecule has 0 unspecified atom stereocenters. The Morgan fingerprint density at radius 1 is 1.13 bits per heavy atom. The van der Waals surface area contributed by atoms with Gasteiger partial charge in [0.05, 0.1) is 6.33 Å². The molecule has 4 rings (SSSR count). The van der Waals surface area contributed by atoms with Gasteiger partial charge in [-0.15, -0.1) is 0 Å². The van der Waals surface area contributed by atoms with E-state index in [1.54, 1.807) is 12.1 Å². The summed E-state index contributed by atoms with van der Waals surface area (Å²) in [6.07, 6.45) is 1.49. The first-order chi connectivity index (χ1) is 14.5. The Labute approximate surface area is 171 Å². The van der Waals surface area contributed by atoms with Gasteiger partial charge in [0.25, 0.3) is 11.1 Å². The normalized spacial score (nSPS) is 11.0. The molecule has 1 N–H and O–H groups in total. The molecule has 0 spiro atoms. The first-order valence-electron chi connectivity index (χ1n) is 9.44. The molecule has 0 radical (unpaired) electrons. The van der Waals surface area contributed by atoms with Crippen LogP contribution in [-0.4, -0.2) is 20.6 Å². The van der Waals surface area contributed by atoms with Gasteiger partial charge in [-0.3, -0.25) is 14.2 Å². The van der Waals surface area contributed by atoms with Crippen LogP contribution in [0.15, 0.2) is 64.2 Å². The van der Waals surface area contributed by atoms with E-state index in [0.29, 0.717) is 11.2 Å². The van der Waals surface area contributed by atoms with E-state index < -0.39 is 5.56 Å². The van der Waals surface area contributed by atoms with E-state index in [-0.39, 0.29) is 36.8 Å². The number of benzene rings is 2. The van der Waals surface area contributed by atoms with Gasteiger partial charge in [0.2, 0.25) is 5.91 Å². The summed E-state index contributed by atoms with van der Waals surface area (Å²) in [5.41, 5.74) is 3.27. The topological polar surface area (TPSA) is 90.0 Å². The maximum Gasteiger partial charge on any atom is 0.299 e. The summed E-state index contributed by atoms with van der Waals surface area (Å²) in [5, 5.41) is 6.75. The Hall–Kier alpha value is -3.81. The molecule has 0 fully saturated rings. The lowest BCUT2D eigenvalue weighted by molar-refractivity contribution is -0.121. The summed E-state index contributed by atoms with van der Waals surface area (Å²) < 4.78 is 19.5. The van der Waals surface area contributed by atoms with Crippen molar-refractivity contribution in [3.8, 4) is 11.3 Å². The standard InChI is InChI=1S/C22H19FN4O3/c1-14-2-6-16(7-3-14)19-20-21(30-26-19)22(29)27(13-25-20)11-10-18(28)24-12-15-4-8-17(23)9-5-15/h2-9,13H,10-12H2,1H3,(H,24,28). The fraction of sp³-hybridized carbons (Fsp3) is 0.182. The number of amides is 1. The van der Waals surface area contributed by atoms with Gasteiger partial charge in [-0.1, -0.05) is 47.1 Å². The van der Waals surface area contributed by atoms with Gasteiger partial charge in [0.1, 0.15) is 17.0 Å². The summed E-state index contributed by atoms with van der Waals surface area (Å²) in [4.78, 5) is 29.1. The molecule has 0 saturated carbocycles. The third-order valence-corrected chi connectivity index (χ3v) is 4.76. The molecule has 2 aromatic carbocycles. The van der Waals surface area contributed by atoms with E-state index in [9.17, 15) is 14.0 Å². The molecule has 7 nitrogen and oxygen atoms in total. The predicted molar refractivity (Wildman–Crippen MR) is 109 cm³/mol. The van der Waals surface area contributed by atoms with E-state index >= 15 is 0 Å². The Kier molecular flexibility index (Phi) is 5.38. The van der Waals surface area contributed by atoms with Crippen LogP contribution in [-0.2, 0) is 17.9 Å². The molecule has 0 saturated heterocycles. The number of halogens is 1. The van der Waals surface area contributed by atoms with Gasteiger partial charge in [-0.25, -0.2) is 9.37 Å². The fourth-order valence-electron chi connectivity index (χ4n) is 3.03. The van der Waals surface area contributed by atoms with Crippen molar-refractivity contribution in [3.63, 3.8) is 0 Å². The third kappa shape index (κ3) is 4.12. The molecule has 2 heterocycles. The highest BCUT2D eigenvalue weighted by Gasteiger charge is 2.16. The first-order valence-corrected chi connectivity index (χ1v) is 9.44.